The molecule has 1 saturated carbocycles. The fraction of sp³-hybridized carbons (Fsp3) is 0.467. The second-order valence-corrected chi connectivity index (χ2v) is 7.24. The zero-order valence-electron chi connectivity index (χ0n) is 11.5. The van der Waals surface area contributed by atoms with Crippen molar-refractivity contribution in [1.82, 2.24) is 5.32 Å². The predicted octanol–water partition coefficient (Wildman–Crippen LogP) is 3.95. The van der Waals surface area contributed by atoms with E-state index in [9.17, 15) is 4.79 Å². The van der Waals surface area contributed by atoms with Crippen LogP contribution in [0.4, 0.5) is 0 Å². The highest BCUT2D eigenvalue weighted by Gasteiger charge is 2.25. The standard InChI is InChI=1S/C15H18N2OS2/c1-10-7-8-19-12(10)9-13-14(18)17-15(20-13)16-11-5-3-2-4-6-11/h7-9,11H,2-6H2,1H3,(H,16,17,18). The number of rotatable bonds is 2. The summed E-state index contributed by atoms with van der Waals surface area (Å²) in [6.45, 7) is 2.07. The number of nitrogens with zero attached hydrogens (tertiary/aromatic N) is 1. The van der Waals surface area contributed by atoms with Gasteiger partial charge in [-0.25, -0.2) is 0 Å². The lowest BCUT2D eigenvalue weighted by Crippen LogP contribution is -2.22. The van der Waals surface area contributed by atoms with Crippen molar-refractivity contribution in [3.63, 3.8) is 0 Å². The van der Waals surface area contributed by atoms with Gasteiger partial charge in [0, 0.05) is 4.88 Å². The zero-order valence-corrected chi connectivity index (χ0v) is 13.1. The van der Waals surface area contributed by atoms with E-state index in [-0.39, 0.29) is 5.91 Å². The molecule has 0 spiro atoms. The van der Waals surface area contributed by atoms with E-state index in [4.69, 9.17) is 4.99 Å². The molecule has 106 valence electrons. The molecule has 2 aliphatic rings. The lowest BCUT2D eigenvalue weighted by Gasteiger charge is -2.17. The minimum absolute atomic E-state index is 0.0163. The molecule has 5 heteroatoms. The van der Waals surface area contributed by atoms with E-state index >= 15 is 0 Å². The molecule has 0 atom stereocenters. The number of nitrogens with one attached hydrogen (secondary N) is 1. The first-order valence-corrected chi connectivity index (χ1v) is 8.75. The molecule has 3 rings (SSSR count). The van der Waals surface area contributed by atoms with Crippen LogP contribution in [0.2, 0.25) is 0 Å². The smallest absolute Gasteiger partial charge is 0.264 e. The number of amides is 1. The largest absolute Gasteiger partial charge is 0.301 e. The van der Waals surface area contributed by atoms with Gasteiger partial charge in [-0.2, -0.15) is 0 Å². The minimum Gasteiger partial charge on any atom is -0.301 e. The lowest BCUT2D eigenvalue weighted by atomic mass is 9.96. The number of aryl methyl sites for hydroxylation is 1. The van der Waals surface area contributed by atoms with Crippen LogP contribution in [0.25, 0.3) is 6.08 Å². The highest BCUT2D eigenvalue weighted by atomic mass is 32.2. The van der Waals surface area contributed by atoms with Crippen molar-refractivity contribution in [2.24, 2.45) is 4.99 Å². The fourth-order valence-electron chi connectivity index (χ4n) is 2.52. The monoisotopic (exact) mass is 306 g/mol. The summed E-state index contributed by atoms with van der Waals surface area (Å²) >= 11 is 3.14. The van der Waals surface area contributed by atoms with Gasteiger partial charge in [0.2, 0.25) is 0 Å². The Morgan fingerprint density at radius 1 is 1.35 bits per heavy atom. The van der Waals surface area contributed by atoms with Crippen molar-refractivity contribution in [2.75, 3.05) is 0 Å². The van der Waals surface area contributed by atoms with Crippen LogP contribution in [0.15, 0.2) is 21.3 Å². The molecular weight excluding hydrogens is 288 g/mol. The predicted molar refractivity (Wildman–Crippen MR) is 87.1 cm³/mol. The van der Waals surface area contributed by atoms with Gasteiger partial charge in [-0.05, 0) is 54.6 Å². The number of hydrogen-bond acceptors (Lipinski definition) is 4. The summed E-state index contributed by atoms with van der Waals surface area (Å²) in [5.74, 6) is -0.0163. The van der Waals surface area contributed by atoms with E-state index in [1.807, 2.05) is 6.08 Å². The molecule has 2 fully saturated rings. The maximum Gasteiger partial charge on any atom is 0.264 e. The van der Waals surface area contributed by atoms with E-state index < -0.39 is 0 Å². The van der Waals surface area contributed by atoms with Crippen molar-refractivity contribution in [1.29, 1.82) is 0 Å². The Hall–Kier alpha value is -1.07. The highest BCUT2D eigenvalue weighted by Crippen LogP contribution is 2.30. The molecule has 3 nitrogen and oxygen atoms in total. The minimum atomic E-state index is -0.0163. The van der Waals surface area contributed by atoms with E-state index in [1.54, 1.807) is 11.3 Å². The summed E-state index contributed by atoms with van der Waals surface area (Å²) in [6.07, 6.45) is 8.13. The molecule has 1 N–H and O–H groups in total. The first kappa shape index (κ1) is 13.9. The van der Waals surface area contributed by atoms with Gasteiger partial charge >= 0.3 is 0 Å². The van der Waals surface area contributed by atoms with Crippen molar-refractivity contribution < 1.29 is 4.79 Å². The topological polar surface area (TPSA) is 41.5 Å². The van der Waals surface area contributed by atoms with Gasteiger partial charge in [-0.15, -0.1) is 11.3 Å². The summed E-state index contributed by atoms with van der Waals surface area (Å²) < 4.78 is 0. The zero-order chi connectivity index (χ0) is 13.9. The number of carbonyl (C=O) groups excluding carboxylic acids is 1. The second kappa shape index (κ2) is 6.14. The molecule has 1 aliphatic heterocycles. The third-order valence-corrected chi connectivity index (χ3v) is 5.58. The summed E-state index contributed by atoms with van der Waals surface area (Å²) in [6, 6.07) is 2.47. The number of thioether (sulfide) groups is 1. The average Bonchev–Trinajstić information content (AvgIpc) is 2.99. The van der Waals surface area contributed by atoms with E-state index in [0.29, 0.717) is 6.04 Å². The van der Waals surface area contributed by atoms with Crippen LogP contribution in [0.5, 0.6) is 0 Å². The molecule has 1 aromatic heterocycles. The first-order chi connectivity index (χ1) is 9.72. The Morgan fingerprint density at radius 3 is 2.85 bits per heavy atom. The maximum absolute atomic E-state index is 12.0. The first-order valence-electron chi connectivity index (χ1n) is 7.05. The summed E-state index contributed by atoms with van der Waals surface area (Å²) in [4.78, 5) is 18.6. The third kappa shape index (κ3) is 3.15. The van der Waals surface area contributed by atoms with Crippen molar-refractivity contribution in [3.05, 3.63) is 26.8 Å². The van der Waals surface area contributed by atoms with E-state index in [2.05, 4.69) is 23.7 Å². The molecule has 2 heterocycles. The Balaban J connectivity index is 1.73. The number of hydrogen-bond donors (Lipinski definition) is 1. The number of thiophene rings is 1. The number of carbonyl (C=O) groups is 1. The molecule has 1 aliphatic carbocycles. The van der Waals surface area contributed by atoms with Crippen molar-refractivity contribution in [2.45, 2.75) is 45.1 Å². The second-order valence-electron chi connectivity index (χ2n) is 5.26. The summed E-state index contributed by atoms with van der Waals surface area (Å²) in [5, 5.41) is 5.73. The Morgan fingerprint density at radius 2 is 2.15 bits per heavy atom. The van der Waals surface area contributed by atoms with Crippen molar-refractivity contribution >= 4 is 40.2 Å². The summed E-state index contributed by atoms with van der Waals surface area (Å²) in [5.41, 5.74) is 1.22. The van der Waals surface area contributed by atoms with Crippen LogP contribution in [0, 0.1) is 6.92 Å². The molecule has 0 unspecified atom stereocenters. The highest BCUT2D eigenvalue weighted by molar-refractivity contribution is 8.18. The normalized spacial score (nSPS) is 24.6. The van der Waals surface area contributed by atoms with Crippen LogP contribution < -0.4 is 5.32 Å². The van der Waals surface area contributed by atoms with Gasteiger partial charge in [0.15, 0.2) is 5.17 Å². The maximum atomic E-state index is 12.0. The van der Waals surface area contributed by atoms with Crippen LogP contribution in [0.3, 0.4) is 0 Å². The molecule has 1 aromatic rings. The summed E-state index contributed by atoms with van der Waals surface area (Å²) in [7, 11) is 0. The van der Waals surface area contributed by atoms with Gasteiger partial charge in [0.1, 0.15) is 0 Å². The van der Waals surface area contributed by atoms with Crippen LogP contribution in [-0.4, -0.2) is 17.1 Å². The van der Waals surface area contributed by atoms with Gasteiger partial charge < -0.3 is 5.32 Å². The average molecular weight is 306 g/mol. The Bertz CT molecular complexity index is 568. The quantitative estimate of drug-likeness (QED) is 0.841. The molecule has 0 radical (unpaired) electrons. The van der Waals surface area contributed by atoms with E-state index in [0.717, 1.165) is 27.8 Å². The number of amidine groups is 1. The van der Waals surface area contributed by atoms with Gasteiger partial charge in [-0.3, -0.25) is 9.79 Å². The van der Waals surface area contributed by atoms with E-state index in [1.165, 1.54) is 36.6 Å². The van der Waals surface area contributed by atoms with Crippen LogP contribution in [0.1, 0.15) is 42.5 Å². The molecule has 1 amide bonds. The Kier molecular flexibility index (Phi) is 4.27. The molecule has 0 bridgehead atoms. The van der Waals surface area contributed by atoms with Gasteiger partial charge in [0.25, 0.3) is 5.91 Å². The SMILES string of the molecule is Cc1ccsc1C=C1SC(=NC2CCCCC2)NC1=O. The van der Waals surface area contributed by atoms with Crippen LogP contribution >= 0.6 is 23.1 Å². The van der Waals surface area contributed by atoms with Crippen LogP contribution in [-0.2, 0) is 4.79 Å². The molecule has 0 aromatic carbocycles. The Labute approximate surface area is 127 Å². The third-order valence-electron chi connectivity index (χ3n) is 3.69. The fourth-order valence-corrected chi connectivity index (χ4v) is 4.32. The van der Waals surface area contributed by atoms with Gasteiger partial charge in [0.05, 0.1) is 10.9 Å². The molecular formula is C15H18N2OS2. The van der Waals surface area contributed by atoms with Crippen molar-refractivity contribution in [3.8, 4) is 0 Å². The lowest BCUT2D eigenvalue weighted by molar-refractivity contribution is -0.115. The van der Waals surface area contributed by atoms with Gasteiger partial charge in [-0.1, -0.05) is 19.3 Å². The molecule has 1 saturated heterocycles. The number of aliphatic imine (C=N–C) groups is 1. The molecule has 20 heavy (non-hydrogen) atoms.